The Morgan fingerprint density at radius 1 is 1.62 bits per heavy atom. The second-order valence-corrected chi connectivity index (χ2v) is 3.91. The van der Waals surface area contributed by atoms with E-state index in [1.165, 1.54) is 0 Å². The van der Waals surface area contributed by atoms with Crippen molar-refractivity contribution in [3.05, 3.63) is 0 Å². The lowest BCUT2D eigenvalue weighted by atomic mass is 9.75. The number of hydrogen-bond acceptors (Lipinski definition) is 2. The van der Waals surface area contributed by atoms with E-state index < -0.39 is 17.5 Å². The van der Waals surface area contributed by atoms with Crippen LogP contribution in [-0.2, 0) is 4.79 Å². The van der Waals surface area contributed by atoms with Crippen molar-refractivity contribution in [3.8, 4) is 0 Å². The second kappa shape index (κ2) is 2.90. The van der Waals surface area contributed by atoms with E-state index in [0.29, 0.717) is 0 Å². The summed E-state index contributed by atoms with van der Waals surface area (Å²) < 4.78 is 24.7. The van der Waals surface area contributed by atoms with Crippen LogP contribution in [0.25, 0.3) is 0 Å². The van der Waals surface area contributed by atoms with Crippen LogP contribution in [0.1, 0.15) is 26.2 Å². The van der Waals surface area contributed by atoms with Gasteiger partial charge in [0, 0.05) is 12.8 Å². The van der Waals surface area contributed by atoms with Crippen LogP contribution in [0.5, 0.6) is 0 Å². The highest BCUT2D eigenvalue weighted by Gasteiger charge is 2.48. The first-order valence-corrected chi connectivity index (χ1v) is 4.06. The second-order valence-electron chi connectivity index (χ2n) is 3.91. The zero-order valence-corrected chi connectivity index (χ0v) is 7.26. The van der Waals surface area contributed by atoms with Crippen LogP contribution in [0, 0.1) is 5.92 Å². The van der Waals surface area contributed by atoms with E-state index in [1.807, 2.05) is 0 Å². The van der Waals surface area contributed by atoms with Crippen molar-refractivity contribution >= 4 is 5.97 Å². The molecule has 0 heterocycles. The van der Waals surface area contributed by atoms with E-state index in [4.69, 9.17) is 5.11 Å². The molecule has 1 aliphatic rings. The van der Waals surface area contributed by atoms with Gasteiger partial charge in [0.15, 0.2) is 5.60 Å². The molecule has 0 aromatic heterocycles. The van der Waals surface area contributed by atoms with Gasteiger partial charge in [0.1, 0.15) is 0 Å². The highest BCUT2D eigenvalue weighted by molar-refractivity contribution is 5.76. The first-order chi connectivity index (χ1) is 5.73. The van der Waals surface area contributed by atoms with Crippen molar-refractivity contribution in [2.75, 3.05) is 0 Å². The van der Waals surface area contributed by atoms with Gasteiger partial charge in [-0.1, -0.05) is 0 Å². The molecular weight excluding hydrogens is 182 g/mol. The summed E-state index contributed by atoms with van der Waals surface area (Å²) in [7, 11) is 0. The summed E-state index contributed by atoms with van der Waals surface area (Å²) in [6.45, 7) is 1.13. The van der Waals surface area contributed by atoms with Gasteiger partial charge in [-0.2, -0.15) is 0 Å². The Morgan fingerprint density at radius 2 is 2.08 bits per heavy atom. The zero-order valence-electron chi connectivity index (χ0n) is 7.26. The van der Waals surface area contributed by atoms with Gasteiger partial charge in [-0.3, -0.25) is 0 Å². The molecule has 0 aliphatic heterocycles. The average molecular weight is 194 g/mol. The van der Waals surface area contributed by atoms with Gasteiger partial charge in [0.2, 0.25) is 5.92 Å². The van der Waals surface area contributed by atoms with Crippen LogP contribution in [0.15, 0.2) is 0 Å². The molecule has 0 amide bonds. The fourth-order valence-electron chi connectivity index (χ4n) is 1.58. The molecule has 13 heavy (non-hydrogen) atoms. The van der Waals surface area contributed by atoms with Gasteiger partial charge < -0.3 is 10.2 Å². The Labute approximate surface area is 74.4 Å². The SMILES string of the molecule is CC(O)(CC1CC(F)(F)C1)C(=O)O. The first kappa shape index (κ1) is 10.4. The Balaban J connectivity index is 2.40. The lowest BCUT2D eigenvalue weighted by Crippen LogP contribution is -2.44. The summed E-state index contributed by atoms with van der Waals surface area (Å²) in [6.07, 6.45) is -0.717. The van der Waals surface area contributed by atoms with Crippen LogP contribution in [0.2, 0.25) is 0 Å². The molecule has 3 nitrogen and oxygen atoms in total. The van der Waals surface area contributed by atoms with E-state index >= 15 is 0 Å². The van der Waals surface area contributed by atoms with Gasteiger partial charge in [-0.25, -0.2) is 13.6 Å². The molecule has 0 spiro atoms. The first-order valence-electron chi connectivity index (χ1n) is 4.06. The third-order valence-corrected chi connectivity index (χ3v) is 2.32. The molecule has 5 heteroatoms. The quantitative estimate of drug-likeness (QED) is 0.711. The number of carboxylic acids is 1. The molecule has 0 saturated heterocycles. The number of halogens is 2. The lowest BCUT2D eigenvalue weighted by Gasteiger charge is -2.37. The number of carboxylic acid groups (broad SMARTS) is 1. The monoisotopic (exact) mass is 194 g/mol. The van der Waals surface area contributed by atoms with Crippen LogP contribution < -0.4 is 0 Å². The van der Waals surface area contributed by atoms with Crippen molar-refractivity contribution in [1.82, 2.24) is 0 Å². The van der Waals surface area contributed by atoms with Gasteiger partial charge in [-0.15, -0.1) is 0 Å². The van der Waals surface area contributed by atoms with Gasteiger partial charge in [-0.05, 0) is 19.3 Å². The number of carbonyl (C=O) groups is 1. The van der Waals surface area contributed by atoms with E-state index in [0.717, 1.165) is 6.92 Å². The topological polar surface area (TPSA) is 57.5 Å². The molecule has 1 fully saturated rings. The van der Waals surface area contributed by atoms with Crippen molar-refractivity contribution in [2.45, 2.75) is 37.7 Å². The number of aliphatic hydroxyl groups is 1. The van der Waals surface area contributed by atoms with Crippen LogP contribution in [-0.4, -0.2) is 27.7 Å². The maximum atomic E-state index is 12.3. The standard InChI is InChI=1S/C8H12F2O3/c1-7(13,6(11)12)2-5-3-8(9,10)4-5/h5,13H,2-4H2,1H3,(H,11,12). The van der Waals surface area contributed by atoms with Gasteiger partial charge >= 0.3 is 5.97 Å². The molecule has 0 aromatic rings. The summed E-state index contributed by atoms with van der Waals surface area (Å²) in [5, 5.41) is 17.8. The summed E-state index contributed by atoms with van der Waals surface area (Å²) in [4.78, 5) is 10.4. The van der Waals surface area contributed by atoms with Crippen LogP contribution in [0.4, 0.5) is 8.78 Å². The molecule has 1 aliphatic carbocycles. The molecule has 1 rings (SSSR count). The number of aliphatic carboxylic acids is 1. The molecule has 76 valence electrons. The Bertz CT molecular complexity index is 217. The Hall–Kier alpha value is -0.710. The van der Waals surface area contributed by atoms with Crippen LogP contribution >= 0.6 is 0 Å². The van der Waals surface area contributed by atoms with Crippen LogP contribution in [0.3, 0.4) is 0 Å². The number of hydrogen-bond donors (Lipinski definition) is 2. The van der Waals surface area contributed by atoms with E-state index in [-0.39, 0.29) is 25.2 Å². The number of alkyl halides is 2. The fourth-order valence-corrected chi connectivity index (χ4v) is 1.58. The third kappa shape index (κ3) is 2.37. The maximum absolute atomic E-state index is 12.3. The molecular formula is C8H12F2O3. The molecule has 2 N–H and O–H groups in total. The summed E-state index contributed by atoms with van der Waals surface area (Å²) in [6, 6.07) is 0. The Morgan fingerprint density at radius 3 is 2.38 bits per heavy atom. The maximum Gasteiger partial charge on any atom is 0.335 e. The number of rotatable bonds is 3. The molecule has 1 unspecified atom stereocenters. The summed E-state index contributed by atoms with van der Waals surface area (Å²) in [5.74, 6) is -4.39. The summed E-state index contributed by atoms with van der Waals surface area (Å²) in [5.41, 5.74) is -1.87. The van der Waals surface area contributed by atoms with Crippen molar-refractivity contribution < 1.29 is 23.8 Å². The predicted octanol–water partition coefficient (Wildman–Crippen LogP) is 1.26. The fraction of sp³-hybridized carbons (Fsp3) is 0.875. The average Bonchev–Trinajstić information content (AvgIpc) is 1.81. The molecule has 1 saturated carbocycles. The molecule has 0 bridgehead atoms. The highest BCUT2D eigenvalue weighted by atomic mass is 19.3. The van der Waals surface area contributed by atoms with E-state index in [9.17, 15) is 18.7 Å². The molecule has 0 aromatic carbocycles. The van der Waals surface area contributed by atoms with Gasteiger partial charge in [0.25, 0.3) is 0 Å². The minimum atomic E-state index is -2.65. The van der Waals surface area contributed by atoms with Gasteiger partial charge in [0.05, 0.1) is 0 Å². The van der Waals surface area contributed by atoms with Crippen molar-refractivity contribution in [1.29, 1.82) is 0 Å². The molecule has 1 atom stereocenters. The van der Waals surface area contributed by atoms with Crippen molar-refractivity contribution in [3.63, 3.8) is 0 Å². The summed E-state index contributed by atoms with van der Waals surface area (Å²) >= 11 is 0. The normalized spacial score (nSPS) is 26.2. The Kier molecular flexibility index (Phi) is 2.32. The minimum absolute atomic E-state index is 0.0993. The predicted molar refractivity (Wildman–Crippen MR) is 40.5 cm³/mol. The van der Waals surface area contributed by atoms with E-state index in [2.05, 4.69) is 0 Å². The minimum Gasteiger partial charge on any atom is -0.479 e. The molecule has 0 radical (unpaired) electrons. The third-order valence-electron chi connectivity index (χ3n) is 2.32. The van der Waals surface area contributed by atoms with E-state index in [1.54, 1.807) is 0 Å². The zero-order chi connectivity index (χ0) is 10.3. The van der Waals surface area contributed by atoms with Crippen molar-refractivity contribution in [2.24, 2.45) is 5.92 Å². The largest absolute Gasteiger partial charge is 0.479 e. The smallest absolute Gasteiger partial charge is 0.335 e. The highest BCUT2D eigenvalue weighted by Crippen LogP contribution is 2.45. The lowest BCUT2D eigenvalue weighted by molar-refractivity contribution is -0.166.